The van der Waals surface area contributed by atoms with Crippen molar-refractivity contribution < 1.29 is 18.0 Å². The molecule has 23 heavy (non-hydrogen) atoms. The zero-order valence-corrected chi connectivity index (χ0v) is 14.4. The van der Waals surface area contributed by atoms with Gasteiger partial charge in [-0.25, -0.2) is 13.1 Å². The molecule has 0 bridgehead atoms. The number of amides is 1. The van der Waals surface area contributed by atoms with Gasteiger partial charge in [0.05, 0.1) is 4.90 Å². The van der Waals surface area contributed by atoms with E-state index in [2.05, 4.69) is 17.0 Å². The number of carbonyl (C=O) groups is 2. The van der Waals surface area contributed by atoms with Crippen LogP contribution in [0.4, 0.5) is 0 Å². The Bertz CT molecular complexity index is 641. The standard InChI is InChI=1S/C16H24N2O4S/c1-3-4-5-10-17-16(20)9-11-18-23(21,22)15-8-6-7-14(12-15)13(2)19/h6-8,12,18H,3-5,9-11H2,1-2H3,(H,17,20). The van der Waals surface area contributed by atoms with Crippen LogP contribution in [0.15, 0.2) is 29.2 Å². The highest BCUT2D eigenvalue weighted by Crippen LogP contribution is 2.11. The molecule has 0 aliphatic carbocycles. The summed E-state index contributed by atoms with van der Waals surface area (Å²) in [7, 11) is -3.72. The van der Waals surface area contributed by atoms with E-state index in [9.17, 15) is 18.0 Å². The molecule has 1 rings (SSSR count). The van der Waals surface area contributed by atoms with Crippen LogP contribution in [0.25, 0.3) is 0 Å². The maximum absolute atomic E-state index is 12.1. The van der Waals surface area contributed by atoms with Gasteiger partial charge in [0.2, 0.25) is 15.9 Å². The number of hydrogen-bond acceptors (Lipinski definition) is 4. The smallest absolute Gasteiger partial charge is 0.240 e. The number of benzene rings is 1. The Morgan fingerprint density at radius 2 is 1.87 bits per heavy atom. The monoisotopic (exact) mass is 340 g/mol. The number of ketones is 1. The fourth-order valence-electron chi connectivity index (χ4n) is 1.96. The number of hydrogen-bond donors (Lipinski definition) is 2. The Morgan fingerprint density at radius 3 is 2.52 bits per heavy atom. The molecule has 0 aromatic heterocycles. The fraction of sp³-hybridized carbons (Fsp3) is 0.500. The van der Waals surface area contributed by atoms with E-state index in [-0.39, 0.29) is 29.6 Å². The molecule has 0 fully saturated rings. The average Bonchev–Trinajstić information content (AvgIpc) is 2.51. The van der Waals surface area contributed by atoms with Crippen molar-refractivity contribution in [3.8, 4) is 0 Å². The third kappa shape index (κ3) is 6.92. The van der Waals surface area contributed by atoms with Crippen LogP contribution in [0.2, 0.25) is 0 Å². The highest BCUT2D eigenvalue weighted by molar-refractivity contribution is 7.89. The van der Waals surface area contributed by atoms with E-state index in [1.807, 2.05) is 0 Å². The summed E-state index contributed by atoms with van der Waals surface area (Å²) in [6, 6.07) is 5.83. The third-order valence-corrected chi connectivity index (χ3v) is 4.76. The zero-order chi connectivity index (χ0) is 17.3. The SMILES string of the molecule is CCCCCNC(=O)CCNS(=O)(=O)c1cccc(C(C)=O)c1. The summed E-state index contributed by atoms with van der Waals surface area (Å²) in [5.41, 5.74) is 0.335. The van der Waals surface area contributed by atoms with Crippen LogP contribution in [-0.2, 0) is 14.8 Å². The van der Waals surface area contributed by atoms with Gasteiger partial charge < -0.3 is 5.32 Å². The van der Waals surface area contributed by atoms with Crippen molar-refractivity contribution in [1.82, 2.24) is 10.0 Å². The highest BCUT2D eigenvalue weighted by atomic mass is 32.2. The quantitative estimate of drug-likeness (QED) is 0.502. The van der Waals surface area contributed by atoms with Gasteiger partial charge in [0.25, 0.3) is 0 Å². The van der Waals surface area contributed by atoms with Crippen molar-refractivity contribution in [3.05, 3.63) is 29.8 Å². The minimum Gasteiger partial charge on any atom is -0.356 e. The molecule has 6 nitrogen and oxygen atoms in total. The fourth-order valence-corrected chi connectivity index (χ4v) is 3.03. The van der Waals surface area contributed by atoms with E-state index in [0.29, 0.717) is 12.1 Å². The summed E-state index contributed by atoms with van der Waals surface area (Å²) in [6.07, 6.45) is 3.14. The highest BCUT2D eigenvalue weighted by Gasteiger charge is 2.15. The lowest BCUT2D eigenvalue weighted by molar-refractivity contribution is -0.120. The molecule has 0 atom stereocenters. The Labute approximate surface area is 137 Å². The number of Topliss-reactive ketones (excluding diaryl/α,β-unsaturated/α-hetero) is 1. The van der Waals surface area contributed by atoms with Gasteiger partial charge in [0, 0.05) is 25.1 Å². The van der Waals surface area contributed by atoms with Crippen LogP contribution < -0.4 is 10.0 Å². The van der Waals surface area contributed by atoms with Crippen molar-refractivity contribution in [3.63, 3.8) is 0 Å². The molecule has 0 saturated heterocycles. The molecule has 1 amide bonds. The molecule has 1 aromatic carbocycles. The predicted molar refractivity (Wildman–Crippen MR) is 88.8 cm³/mol. The predicted octanol–water partition coefficient (Wildman–Crippen LogP) is 1.86. The van der Waals surface area contributed by atoms with Crippen molar-refractivity contribution >= 4 is 21.7 Å². The molecule has 7 heteroatoms. The van der Waals surface area contributed by atoms with E-state index in [4.69, 9.17) is 0 Å². The molecule has 128 valence electrons. The Balaban J connectivity index is 2.48. The van der Waals surface area contributed by atoms with Crippen LogP contribution in [-0.4, -0.2) is 33.2 Å². The second kappa shape index (κ2) is 9.42. The van der Waals surface area contributed by atoms with Crippen molar-refractivity contribution in [2.45, 2.75) is 44.4 Å². The van der Waals surface area contributed by atoms with Crippen LogP contribution >= 0.6 is 0 Å². The van der Waals surface area contributed by atoms with E-state index in [0.717, 1.165) is 19.3 Å². The Hall–Kier alpha value is -1.73. The van der Waals surface area contributed by atoms with Gasteiger partial charge in [-0.1, -0.05) is 31.9 Å². The lowest BCUT2D eigenvalue weighted by Gasteiger charge is -2.08. The topological polar surface area (TPSA) is 92.3 Å². The van der Waals surface area contributed by atoms with Gasteiger partial charge in [-0.2, -0.15) is 0 Å². The van der Waals surface area contributed by atoms with Gasteiger partial charge in [-0.15, -0.1) is 0 Å². The second-order valence-corrected chi connectivity index (χ2v) is 7.06. The zero-order valence-electron chi connectivity index (χ0n) is 13.6. The lowest BCUT2D eigenvalue weighted by Crippen LogP contribution is -2.31. The minimum absolute atomic E-state index is 0.0201. The molecule has 0 radical (unpaired) electrons. The number of nitrogens with one attached hydrogen (secondary N) is 2. The summed E-state index contributed by atoms with van der Waals surface area (Å²) >= 11 is 0. The molecule has 0 saturated carbocycles. The Morgan fingerprint density at radius 1 is 1.13 bits per heavy atom. The summed E-state index contributed by atoms with van der Waals surface area (Å²) in [5.74, 6) is -0.380. The first-order valence-electron chi connectivity index (χ1n) is 7.74. The van der Waals surface area contributed by atoms with Crippen LogP contribution in [0, 0.1) is 0 Å². The van der Waals surface area contributed by atoms with Crippen molar-refractivity contribution in [1.29, 1.82) is 0 Å². The molecule has 0 spiro atoms. The summed E-state index contributed by atoms with van der Waals surface area (Å²) < 4.78 is 26.6. The number of carbonyl (C=O) groups excluding carboxylic acids is 2. The van der Waals surface area contributed by atoms with Gasteiger partial charge in [0.15, 0.2) is 5.78 Å². The largest absolute Gasteiger partial charge is 0.356 e. The molecule has 0 unspecified atom stereocenters. The number of sulfonamides is 1. The summed E-state index contributed by atoms with van der Waals surface area (Å²) in [6.45, 7) is 4.09. The molecular weight excluding hydrogens is 316 g/mol. The van der Waals surface area contributed by atoms with Gasteiger partial charge >= 0.3 is 0 Å². The lowest BCUT2D eigenvalue weighted by atomic mass is 10.2. The molecule has 0 heterocycles. The van der Waals surface area contributed by atoms with Gasteiger partial charge in [0.1, 0.15) is 0 Å². The number of rotatable bonds is 10. The van der Waals surface area contributed by atoms with E-state index < -0.39 is 10.0 Å². The maximum Gasteiger partial charge on any atom is 0.240 e. The summed E-state index contributed by atoms with van der Waals surface area (Å²) in [4.78, 5) is 22.9. The molecule has 2 N–H and O–H groups in total. The number of unbranched alkanes of at least 4 members (excludes halogenated alkanes) is 2. The van der Waals surface area contributed by atoms with Crippen LogP contribution in [0.5, 0.6) is 0 Å². The molecule has 0 aliphatic heterocycles. The molecular formula is C16H24N2O4S. The Kier molecular flexibility index (Phi) is 7.91. The molecule has 1 aromatic rings. The van der Waals surface area contributed by atoms with E-state index in [1.165, 1.54) is 25.1 Å². The first-order chi connectivity index (χ1) is 10.9. The summed E-state index contributed by atoms with van der Waals surface area (Å²) in [5, 5.41) is 2.75. The third-order valence-electron chi connectivity index (χ3n) is 3.30. The van der Waals surface area contributed by atoms with Crippen LogP contribution in [0.1, 0.15) is 49.9 Å². The van der Waals surface area contributed by atoms with E-state index >= 15 is 0 Å². The first kappa shape index (κ1) is 19.3. The van der Waals surface area contributed by atoms with Gasteiger partial charge in [-0.05, 0) is 25.5 Å². The normalized spacial score (nSPS) is 11.2. The van der Waals surface area contributed by atoms with Crippen molar-refractivity contribution in [2.24, 2.45) is 0 Å². The van der Waals surface area contributed by atoms with Crippen molar-refractivity contribution in [2.75, 3.05) is 13.1 Å². The van der Waals surface area contributed by atoms with Crippen LogP contribution in [0.3, 0.4) is 0 Å². The van der Waals surface area contributed by atoms with Gasteiger partial charge in [-0.3, -0.25) is 9.59 Å². The van der Waals surface area contributed by atoms with E-state index in [1.54, 1.807) is 6.07 Å². The first-order valence-corrected chi connectivity index (χ1v) is 9.22. The second-order valence-electron chi connectivity index (χ2n) is 5.29. The minimum atomic E-state index is -3.72. The maximum atomic E-state index is 12.1. The average molecular weight is 340 g/mol. The molecule has 0 aliphatic rings.